The lowest BCUT2D eigenvalue weighted by Gasteiger charge is -2.19. The van der Waals surface area contributed by atoms with Gasteiger partial charge >= 0.3 is 0 Å². The molecule has 1 unspecified atom stereocenters. The molecule has 0 radical (unpaired) electrons. The first-order valence-electron chi connectivity index (χ1n) is 10.7. The van der Waals surface area contributed by atoms with Crippen molar-refractivity contribution in [2.24, 2.45) is 4.99 Å². The predicted molar refractivity (Wildman–Crippen MR) is 115 cm³/mol. The third-order valence-corrected chi connectivity index (χ3v) is 5.20. The Labute approximate surface area is 173 Å². The number of carbonyl (C=O) groups excluding carboxylic acids is 1. The molecule has 0 saturated carbocycles. The number of hydrogen-bond acceptors (Lipinski definition) is 4. The van der Waals surface area contributed by atoms with Gasteiger partial charge in [0.15, 0.2) is 17.5 Å². The highest BCUT2D eigenvalue weighted by atomic mass is 16.5. The lowest BCUT2D eigenvalue weighted by atomic mass is 10.0. The van der Waals surface area contributed by atoms with Crippen LogP contribution in [0.15, 0.2) is 23.2 Å². The Kier molecular flexibility index (Phi) is 6.87. The normalized spacial score (nSPS) is 20.2. The molecule has 3 rings (SSSR count). The minimum absolute atomic E-state index is 0.184. The van der Waals surface area contributed by atoms with Crippen molar-refractivity contribution in [3.8, 4) is 11.5 Å². The van der Waals surface area contributed by atoms with Crippen LogP contribution in [0.4, 0.5) is 0 Å². The molecule has 1 fully saturated rings. The molecule has 0 bridgehead atoms. The van der Waals surface area contributed by atoms with E-state index in [1.807, 2.05) is 30.9 Å². The number of rotatable bonds is 7. The lowest BCUT2D eigenvalue weighted by molar-refractivity contribution is -0.129. The summed E-state index contributed by atoms with van der Waals surface area (Å²) < 4.78 is 12.0. The van der Waals surface area contributed by atoms with Gasteiger partial charge in [-0.15, -0.1) is 0 Å². The van der Waals surface area contributed by atoms with Crippen molar-refractivity contribution >= 4 is 11.9 Å². The summed E-state index contributed by atoms with van der Waals surface area (Å²) in [5.74, 6) is 2.62. The Balaban J connectivity index is 1.51. The van der Waals surface area contributed by atoms with Gasteiger partial charge in [-0.2, -0.15) is 0 Å². The summed E-state index contributed by atoms with van der Waals surface area (Å²) in [6, 6.07) is 6.29. The summed E-state index contributed by atoms with van der Waals surface area (Å²) in [4.78, 5) is 18.4. The molecule has 1 amide bonds. The minimum atomic E-state index is -0.184. The molecule has 0 aromatic heterocycles. The van der Waals surface area contributed by atoms with Gasteiger partial charge in [0.1, 0.15) is 12.2 Å². The number of nitrogens with zero attached hydrogens (tertiary/aromatic N) is 2. The van der Waals surface area contributed by atoms with E-state index in [1.165, 1.54) is 5.56 Å². The molecule has 1 aromatic carbocycles. The number of para-hydroxylation sites is 1. The Bertz CT molecular complexity index is 748. The third kappa shape index (κ3) is 5.55. The smallest absolute Gasteiger partial charge is 0.222 e. The Hall–Kier alpha value is -2.44. The molecule has 2 heterocycles. The van der Waals surface area contributed by atoms with E-state index >= 15 is 0 Å². The summed E-state index contributed by atoms with van der Waals surface area (Å²) in [6.07, 6.45) is 2.39. The quantitative estimate of drug-likeness (QED) is 0.416. The number of guanidine groups is 1. The van der Waals surface area contributed by atoms with Gasteiger partial charge in [-0.1, -0.05) is 19.1 Å². The second-order valence-corrected chi connectivity index (χ2v) is 8.22. The number of hydrogen-bond donors (Lipinski definition) is 2. The van der Waals surface area contributed by atoms with Crippen molar-refractivity contribution in [3.63, 3.8) is 0 Å². The molecule has 2 N–H and O–H groups in total. The summed E-state index contributed by atoms with van der Waals surface area (Å²) in [6.45, 7) is 11.5. The van der Waals surface area contributed by atoms with Crippen molar-refractivity contribution < 1.29 is 14.3 Å². The van der Waals surface area contributed by atoms with Gasteiger partial charge < -0.3 is 25.0 Å². The van der Waals surface area contributed by atoms with Crippen LogP contribution in [0.3, 0.4) is 0 Å². The van der Waals surface area contributed by atoms with E-state index in [0.717, 1.165) is 49.9 Å². The summed E-state index contributed by atoms with van der Waals surface area (Å²) >= 11 is 0. The fraction of sp³-hybridized carbons (Fsp3) is 0.636. The number of amides is 1. The van der Waals surface area contributed by atoms with Crippen molar-refractivity contribution in [1.29, 1.82) is 0 Å². The Morgan fingerprint density at radius 2 is 2.21 bits per heavy atom. The molecule has 1 saturated heterocycles. The van der Waals surface area contributed by atoms with E-state index in [4.69, 9.17) is 9.47 Å². The molecule has 0 aliphatic carbocycles. The summed E-state index contributed by atoms with van der Waals surface area (Å²) in [7, 11) is 0. The fourth-order valence-electron chi connectivity index (χ4n) is 3.86. The molecule has 7 heteroatoms. The fourth-order valence-corrected chi connectivity index (χ4v) is 3.86. The van der Waals surface area contributed by atoms with Gasteiger partial charge in [-0.25, -0.2) is 4.99 Å². The number of likely N-dealkylation sites (tertiary alicyclic amines) is 1. The van der Waals surface area contributed by atoms with Gasteiger partial charge in [0.2, 0.25) is 5.91 Å². The molecule has 160 valence electrons. The van der Waals surface area contributed by atoms with E-state index in [0.29, 0.717) is 19.6 Å². The number of fused-ring (bicyclic) bond motifs is 1. The first-order chi connectivity index (χ1) is 13.9. The molecular formula is C22H34N4O3. The van der Waals surface area contributed by atoms with Crippen molar-refractivity contribution in [3.05, 3.63) is 23.8 Å². The first kappa shape index (κ1) is 21.3. The van der Waals surface area contributed by atoms with Gasteiger partial charge in [0.25, 0.3) is 0 Å². The van der Waals surface area contributed by atoms with Gasteiger partial charge in [0, 0.05) is 44.1 Å². The lowest BCUT2D eigenvalue weighted by Crippen LogP contribution is -2.45. The standard InChI is InChI=1S/C22H34N4O3/c1-5-19(27)26-12-10-17(15-26)25-21(23-6-2)24-11-13-28-18-9-7-8-16-14-22(3,4)29-20(16)18/h7-9,17H,5-6,10-15H2,1-4H3,(H2,23,24,25). The number of benzene rings is 1. The molecule has 2 aliphatic rings. The highest BCUT2D eigenvalue weighted by molar-refractivity contribution is 5.80. The monoisotopic (exact) mass is 402 g/mol. The first-order valence-corrected chi connectivity index (χ1v) is 10.7. The van der Waals surface area contributed by atoms with E-state index in [9.17, 15) is 4.79 Å². The van der Waals surface area contributed by atoms with Crippen LogP contribution in [0.5, 0.6) is 11.5 Å². The molecular weight excluding hydrogens is 368 g/mol. The number of ether oxygens (including phenoxy) is 2. The highest BCUT2D eigenvalue weighted by Gasteiger charge is 2.32. The van der Waals surface area contributed by atoms with Crippen LogP contribution in [-0.2, 0) is 11.2 Å². The van der Waals surface area contributed by atoms with E-state index in [1.54, 1.807) is 0 Å². The Morgan fingerprint density at radius 1 is 1.38 bits per heavy atom. The minimum Gasteiger partial charge on any atom is -0.488 e. The second-order valence-electron chi connectivity index (χ2n) is 8.22. The summed E-state index contributed by atoms with van der Waals surface area (Å²) in [5.41, 5.74) is 1.01. The molecule has 1 aromatic rings. The van der Waals surface area contributed by atoms with E-state index < -0.39 is 0 Å². The van der Waals surface area contributed by atoms with Crippen LogP contribution in [-0.4, -0.2) is 61.2 Å². The largest absolute Gasteiger partial charge is 0.488 e. The highest BCUT2D eigenvalue weighted by Crippen LogP contribution is 2.41. The SMILES string of the molecule is CCNC(=NCCOc1cccc2c1OC(C)(C)C2)NC1CCN(C(=O)CC)C1. The van der Waals surface area contributed by atoms with E-state index in [-0.39, 0.29) is 17.6 Å². The zero-order chi connectivity index (χ0) is 20.9. The van der Waals surface area contributed by atoms with Crippen LogP contribution in [0.2, 0.25) is 0 Å². The predicted octanol–water partition coefficient (Wildman–Crippen LogP) is 2.34. The zero-order valence-corrected chi connectivity index (χ0v) is 18.1. The second kappa shape index (κ2) is 9.37. The van der Waals surface area contributed by atoms with E-state index in [2.05, 4.69) is 35.5 Å². The van der Waals surface area contributed by atoms with Crippen LogP contribution in [0.25, 0.3) is 0 Å². The van der Waals surface area contributed by atoms with Gasteiger partial charge in [-0.3, -0.25) is 4.79 Å². The topological polar surface area (TPSA) is 75.2 Å². The average molecular weight is 403 g/mol. The molecule has 0 spiro atoms. The molecule has 7 nitrogen and oxygen atoms in total. The van der Waals surface area contributed by atoms with Crippen LogP contribution in [0, 0.1) is 0 Å². The maximum atomic E-state index is 11.9. The maximum absolute atomic E-state index is 11.9. The van der Waals surface area contributed by atoms with Crippen LogP contribution in [0.1, 0.15) is 46.1 Å². The maximum Gasteiger partial charge on any atom is 0.222 e. The van der Waals surface area contributed by atoms with Crippen LogP contribution >= 0.6 is 0 Å². The zero-order valence-electron chi connectivity index (χ0n) is 18.1. The number of carbonyl (C=O) groups is 1. The van der Waals surface area contributed by atoms with Crippen molar-refractivity contribution in [2.45, 2.75) is 58.6 Å². The Morgan fingerprint density at radius 3 is 2.97 bits per heavy atom. The number of nitrogens with one attached hydrogen (secondary N) is 2. The van der Waals surface area contributed by atoms with Crippen LogP contribution < -0.4 is 20.1 Å². The number of aliphatic imine (C=N–C) groups is 1. The third-order valence-electron chi connectivity index (χ3n) is 5.20. The van der Waals surface area contributed by atoms with Crippen molar-refractivity contribution in [2.75, 3.05) is 32.8 Å². The summed E-state index contributed by atoms with van der Waals surface area (Å²) in [5, 5.41) is 6.72. The van der Waals surface area contributed by atoms with Crippen molar-refractivity contribution in [1.82, 2.24) is 15.5 Å². The molecule has 29 heavy (non-hydrogen) atoms. The van der Waals surface area contributed by atoms with Gasteiger partial charge in [0.05, 0.1) is 6.54 Å². The molecule has 2 aliphatic heterocycles. The van der Waals surface area contributed by atoms with Gasteiger partial charge in [-0.05, 0) is 33.3 Å². The average Bonchev–Trinajstić information content (AvgIpc) is 3.27. The molecule has 1 atom stereocenters.